The third kappa shape index (κ3) is 4.92. The van der Waals surface area contributed by atoms with E-state index in [9.17, 15) is 4.79 Å². The van der Waals surface area contributed by atoms with E-state index in [4.69, 9.17) is 0 Å². The van der Waals surface area contributed by atoms with Crippen LogP contribution < -0.4 is 5.32 Å². The zero-order chi connectivity index (χ0) is 15.8. The van der Waals surface area contributed by atoms with Crippen molar-refractivity contribution in [2.45, 2.75) is 32.9 Å². The highest BCUT2D eigenvalue weighted by atomic mass is 16.2. The van der Waals surface area contributed by atoms with Gasteiger partial charge in [0.05, 0.1) is 0 Å². The summed E-state index contributed by atoms with van der Waals surface area (Å²) in [5, 5.41) is 3.29. The molecule has 0 aliphatic heterocycles. The second-order valence-corrected chi connectivity index (χ2v) is 5.64. The van der Waals surface area contributed by atoms with Crippen molar-refractivity contribution in [1.82, 2.24) is 4.90 Å². The van der Waals surface area contributed by atoms with Crippen LogP contribution in [-0.4, -0.2) is 23.4 Å². The van der Waals surface area contributed by atoms with Gasteiger partial charge in [0.2, 0.25) is 5.91 Å². The van der Waals surface area contributed by atoms with Crippen LogP contribution in [0.3, 0.4) is 0 Å². The quantitative estimate of drug-likeness (QED) is 0.839. The number of benzene rings is 2. The lowest BCUT2D eigenvalue weighted by Crippen LogP contribution is -2.37. The molecule has 0 spiro atoms. The highest BCUT2D eigenvalue weighted by Crippen LogP contribution is 2.11. The summed E-state index contributed by atoms with van der Waals surface area (Å²) in [6.45, 7) is 5.44. The number of rotatable bonds is 7. The van der Waals surface area contributed by atoms with Crippen LogP contribution >= 0.6 is 0 Å². The molecule has 0 unspecified atom stereocenters. The molecule has 1 N–H and O–H groups in total. The first kappa shape index (κ1) is 16.1. The summed E-state index contributed by atoms with van der Waals surface area (Å²) in [6, 6.07) is 20.3. The first-order chi connectivity index (χ1) is 10.7. The van der Waals surface area contributed by atoms with E-state index in [2.05, 4.69) is 31.3 Å². The van der Waals surface area contributed by atoms with Gasteiger partial charge in [0.1, 0.15) is 0 Å². The minimum atomic E-state index is 0.183. The van der Waals surface area contributed by atoms with E-state index in [1.165, 1.54) is 5.56 Å². The molecule has 0 aliphatic carbocycles. The van der Waals surface area contributed by atoms with Gasteiger partial charge in [0.25, 0.3) is 0 Å². The van der Waals surface area contributed by atoms with Gasteiger partial charge in [-0.3, -0.25) is 4.79 Å². The van der Waals surface area contributed by atoms with E-state index < -0.39 is 0 Å². The molecule has 22 heavy (non-hydrogen) atoms. The Labute approximate surface area is 133 Å². The molecular formula is C19H24N2O. The number of carbonyl (C=O) groups excluding carboxylic acids is 1. The Kier molecular flexibility index (Phi) is 6.01. The minimum Gasteiger partial charge on any atom is -0.385 e. The van der Waals surface area contributed by atoms with Crippen molar-refractivity contribution in [3.05, 3.63) is 66.2 Å². The SMILES string of the molecule is CC(C)N(Cc1ccccc1)C(=O)CCNc1ccccc1. The molecule has 2 aromatic rings. The lowest BCUT2D eigenvalue weighted by Gasteiger charge is -2.27. The van der Waals surface area contributed by atoms with E-state index in [1.54, 1.807) is 0 Å². The number of anilines is 1. The Morgan fingerprint density at radius 1 is 1.00 bits per heavy atom. The normalized spacial score (nSPS) is 10.5. The maximum atomic E-state index is 12.5. The van der Waals surface area contributed by atoms with Gasteiger partial charge < -0.3 is 10.2 Å². The molecule has 1 amide bonds. The van der Waals surface area contributed by atoms with Crippen LogP contribution in [0.4, 0.5) is 5.69 Å². The van der Waals surface area contributed by atoms with Crippen molar-refractivity contribution in [3.8, 4) is 0 Å². The average Bonchev–Trinajstić information content (AvgIpc) is 2.54. The van der Waals surface area contributed by atoms with Gasteiger partial charge in [-0.05, 0) is 31.5 Å². The molecular weight excluding hydrogens is 272 g/mol. The number of amides is 1. The van der Waals surface area contributed by atoms with Crippen molar-refractivity contribution in [2.24, 2.45) is 0 Å². The zero-order valence-corrected chi connectivity index (χ0v) is 13.3. The fourth-order valence-corrected chi connectivity index (χ4v) is 2.35. The fourth-order valence-electron chi connectivity index (χ4n) is 2.35. The van der Waals surface area contributed by atoms with Crippen LogP contribution in [0.25, 0.3) is 0 Å². The molecule has 0 aliphatic rings. The van der Waals surface area contributed by atoms with Gasteiger partial charge in [-0.25, -0.2) is 0 Å². The average molecular weight is 296 g/mol. The first-order valence-electron chi connectivity index (χ1n) is 7.79. The fraction of sp³-hybridized carbons (Fsp3) is 0.316. The van der Waals surface area contributed by atoms with Gasteiger partial charge in [-0.2, -0.15) is 0 Å². The standard InChI is InChI=1S/C19H24N2O/c1-16(2)21(15-17-9-5-3-6-10-17)19(22)13-14-20-18-11-7-4-8-12-18/h3-12,16,20H,13-15H2,1-2H3. The molecule has 2 aromatic carbocycles. The molecule has 0 saturated carbocycles. The molecule has 3 heteroatoms. The van der Waals surface area contributed by atoms with Gasteiger partial charge in [-0.1, -0.05) is 48.5 Å². The van der Waals surface area contributed by atoms with Crippen LogP contribution in [0.2, 0.25) is 0 Å². The predicted octanol–water partition coefficient (Wildman–Crippen LogP) is 3.93. The summed E-state index contributed by atoms with van der Waals surface area (Å²) in [6.07, 6.45) is 0.500. The summed E-state index contributed by atoms with van der Waals surface area (Å²) in [7, 11) is 0. The molecule has 0 heterocycles. The van der Waals surface area contributed by atoms with Gasteiger partial charge >= 0.3 is 0 Å². The van der Waals surface area contributed by atoms with Crippen LogP contribution in [0.5, 0.6) is 0 Å². The van der Waals surface area contributed by atoms with Crippen LogP contribution in [0.15, 0.2) is 60.7 Å². The Morgan fingerprint density at radius 2 is 1.59 bits per heavy atom. The molecule has 116 valence electrons. The topological polar surface area (TPSA) is 32.3 Å². The highest BCUT2D eigenvalue weighted by Gasteiger charge is 2.16. The van der Waals surface area contributed by atoms with Gasteiger partial charge in [0, 0.05) is 31.2 Å². The van der Waals surface area contributed by atoms with E-state index >= 15 is 0 Å². The third-order valence-electron chi connectivity index (χ3n) is 3.58. The van der Waals surface area contributed by atoms with Crippen molar-refractivity contribution >= 4 is 11.6 Å². The second-order valence-electron chi connectivity index (χ2n) is 5.64. The molecule has 2 rings (SSSR count). The summed E-state index contributed by atoms with van der Waals surface area (Å²) < 4.78 is 0. The van der Waals surface area contributed by atoms with Crippen LogP contribution in [0, 0.1) is 0 Å². The van der Waals surface area contributed by atoms with E-state index in [0.717, 1.165) is 5.69 Å². The highest BCUT2D eigenvalue weighted by molar-refractivity contribution is 5.77. The lowest BCUT2D eigenvalue weighted by atomic mass is 10.1. The van der Waals surface area contributed by atoms with Crippen molar-refractivity contribution in [1.29, 1.82) is 0 Å². The number of hydrogen-bond acceptors (Lipinski definition) is 2. The van der Waals surface area contributed by atoms with Gasteiger partial charge in [-0.15, -0.1) is 0 Å². The number of hydrogen-bond donors (Lipinski definition) is 1. The van der Waals surface area contributed by atoms with Crippen molar-refractivity contribution in [3.63, 3.8) is 0 Å². The number of nitrogens with zero attached hydrogens (tertiary/aromatic N) is 1. The summed E-state index contributed by atoms with van der Waals surface area (Å²) in [4.78, 5) is 14.4. The molecule has 0 aromatic heterocycles. The Morgan fingerprint density at radius 3 is 2.18 bits per heavy atom. The van der Waals surface area contributed by atoms with Gasteiger partial charge in [0.15, 0.2) is 0 Å². The Hall–Kier alpha value is -2.29. The molecule has 0 radical (unpaired) electrons. The number of nitrogens with one attached hydrogen (secondary N) is 1. The smallest absolute Gasteiger partial charge is 0.224 e. The Bertz CT molecular complexity index is 567. The summed E-state index contributed by atoms with van der Waals surface area (Å²) in [5.41, 5.74) is 2.22. The maximum absolute atomic E-state index is 12.5. The van der Waals surface area contributed by atoms with Crippen molar-refractivity contribution in [2.75, 3.05) is 11.9 Å². The van der Waals surface area contributed by atoms with Crippen molar-refractivity contribution < 1.29 is 4.79 Å². The Balaban J connectivity index is 1.87. The van der Waals surface area contributed by atoms with E-state index in [1.807, 2.05) is 53.4 Å². The molecule has 3 nitrogen and oxygen atoms in total. The third-order valence-corrected chi connectivity index (χ3v) is 3.58. The van der Waals surface area contributed by atoms with Crippen LogP contribution in [0.1, 0.15) is 25.8 Å². The second kappa shape index (κ2) is 8.23. The minimum absolute atomic E-state index is 0.183. The molecule has 0 saturated heterocycles. The monoisotopic (exact) mass is 296 g/mol. The number of carbonyl (C=O) groups is 1. The first-order valence-corrected chi connectivity index (χ1v) is 7.79. The summed E-state index contributed by atoms with van der Waals surface area (Å²) in [5.74, 6) is 0.183. The molecule has 0 fully saturated rings. The van der Waals surface area contributed by atoms with E-state index in [0.29, 0.717) is 19.5 Å². The van der Waals surface area contributed by atoms with Crippen LogP contribution in [-0.2, 0) is 11.3 Å². The maximum Gasteiger partial charge on any atom is 0.224 e. The molecule has 0 bridgehead atoms. The zero-order valence-electron chi connectivity index (χ0n) is 13.3. The lowest BCUT2D eigenvalue weighted by molar-refractivity contribution is -0.133. The molecule has 0 atom stereocenters. The largest absolute Gasteiger partial charge is 0.385 e. The summed E-state index contributed by atoms with van der Waals surface area (Å²) >= 11 is 0. The number of para-hydroxylation sites is 1. The van der Waals surface area contributed by atoms with E-state index in [-0.39, 0.29) is 11.9 Å². The predicted molar refractivity (Wildman–Crippen MR) is 91.7 cm³/mol.